The molecule has 0 amide bonds. The van der Waals surface area contributed by atoms with Crippen LogP contribution in [0.5, 0.6) is 0 Å². The molecule has 252 valence electrons. The van der Waals surface area contributed by atoms with Crippen molar-refractivity contribution >= 4 is 17.1 Å². The van der Waals surface area contributed by atoms with E-state index < -0.39 is 5.41 Å². The van der Waals surface area contributed by atoms with Gasteiger partial charge >= 0.3 is 0 Å². The van der Waals surface area contributed by atoms with E-state index in [1.165, 1.54) is 66.8 Å². The summed E-state index contributed by atoms with van der Waals surface area (Å²) >= 11 is 0. The zero-order chi connectivity index (χ0) is 35.6. The van der Waals surface area contributed by atoms with Crippen molar-refractivity contribution in [2.45, 2.75) is 24.7 Å². The summed E-state index contributed by atoms with van der Waals surface area (Å²) in [5.41, 5.74) is 18.4. The highest BCUT2D eigenvalue weighted by Crippen LogP contribution is 2.62. The average molecular weight is 678 g/mol. The van der Waals surface area contributed by atoms with E-state index in [0.29, 0.717) is 0 Å². The van der Waals surface area contributed by atoms with Gasteiger partial charge in [0.15, 0.2) is 0 Å². The number of anilines is 3. The lowest BCUT2D eigenvalue weighted by Crippen LogP contribution is -2.40. The third-order valence-corrected chi connectivity index (χ3v) is 11.7. The largest absolute Gasteiger partial charge is 0.310 e. The predicted octanol–water partition coefficient (Wildman–Crippen LogP) is 13.5. The average Bonchev–Trinajstić information content (AvgIpc) is 3.51. The quantitative estimate of drug-likeness (QED) is 0.175. The van der Waals surface area contributed by atoms with Crippen LogP contribution in [0.2, 0.25) is 0 Å². The zero-order valence-electron chi connectivity index (χ0n) is 30.0. The van der Waals surface area contributed by atoms with E-state index in [0.717, 1.165) is 17.1 Å². The first-order valence-corrected chi connectivity index (χ1v) is 18.6. The number of hydrogen-bond acceptors (Lipinski definition) is 1. The summed E-state index contributed by atoms with van der Waals surface area (Å²) < 4.78 is 0. The lowest BCUT2D eigenvalue weighted by atomic mass is 9.55. The van der Waals surface area contributed by atoms with Crippen LogP contribution in [0, 0.1) is 0 Å². The van der Waals surface area contributed by atoms with Crippen LogP contribution in [0.3, 0.4) is 0 Å². The lowest BCUT2D eigenvalue weighted by Gasteiger charge is -2.46. The van der Waals surface area contributed by atoms with Crippen molar-refractivity contribution in [1.82, 2.24) is 0 Å². The molecule has 2 aliphatic carbocycles. The van der Waals surface area contributed by atoms with E-state index in [1.807, 2.05) is 0 Å². The molecule has 0 atom stereocenters. The molecule has 0 radical (unpaired) electrons. The standard InChI is InChI=1S/C52H39N/c1-51(2)46-27-11-13-29-48(46)52(49-30-14-12-28-47(49)51)45-26-10-9-25-43(45)44-32-31-42(35-50(44)52)53(40-22-7-4-8-23-40)41-24-16-21-39(34-41)38-20-15-19-37(33-38)36-17-5-3-6-18-36/h3-35H,1-2H3. The summed E-state index contributed by atoms with van der Waals surface area (Å²) in [6.07, 6.45) is 0. The van der Waals surface area contributed by atoms with Crippen LogP contribution < -0.4 is 4.90 Å². The summed E-state index contributed by atoms with van der Waals surface area (Å²) in [6, 6.07) is 73.9. The van der Waals surface area contributed by atoms with Gasteiger partial charge in [-0.1, -0.05) is 172 Å². The SMILES string of the molecule is CC1(C)c2ccccc2C2(c3ccccc3-c3ccc(N(c4ccccc4)c4cccc(-c5cccc(-c6ccccc6)c5)c4)cc32)c2ccccc21. The second-order valence-electron chi connectivity index (χ2n) is 14.9. The summed E-state index contributed by atoms with van der Waals surface area (Å²) in [5.74, 6) is 0. The van der Waals surface area contributed by atoms with Crippen LogP contribution in [0.1, 0.15) is 47.2 Å². The molecule has 1 spiro atoms. The van der Waals surface area contributed by atoms with Crippen LogP contribution >= 0.6 is 0 Å². The van der Waals surface area contributed by atoms with E-state index in [1.54, 1.807) is 0 Å². The fraction of sp³-hybridized carbons (Fsp3) is 0.0769. The number of hydrogen-bond donors (Lipinski definition) is 0. The second kappa shape index (κ2) is 12.1. The van der Waals surface area contributed by atoms with Crippen LogP contribution in [-0.2, 0) is 10.8 Å². The monoisotopic (exact) mass is 677 g/mol. The second-order valence-corrected chi connectivity index (χ2v) is 14.9. The van der Waals surface area contributed by atoms with Gasteiger partial charge in [-0.25, -0.2) is 0 Å². The Bertz CT molecular complexity index is 2600. The lowest BCUT2D eigenvalue weighted by molar-refractivity contribution is 0.563. The van der Waals surface area contributed by atoms with Crippen LogP contribution in [0.15, 0.2) is 200 Å². The molecule has 0 heterocycles. The molecule has 8 aromatic rings. The van der Waals surface area contributed by atoms with E-state index >= 15 is 0 Å². The minimum absolute atomic E-state index is 0.137. The Morgan fingerprint density at radius 1 is 0.302 bits per heavy atom. The maximum Gasteiger partial charge on any atom is 0.0720 e. The van der Waals surface area contributed by atoms with E-state index in [9.17, 15) is 0 Å². The van der Waals surface area contributed by atoms with Crippen LogP contribution in [0.4, 0.5) is 17.1 Å². The van der Waals surface area contributed by atoms with Gasteiger partial charge in [0, 0.05) is 22.5 Å². The minimum atomic E-state index is -0.452. The molecule has 10 rings (SSSR count). The van der Waals surface area contributed by atoms with Crippen molar-refractivity contribution in [3.8, 4) is 33.4 Å². The Labute approximate surface area is 312 Å². The summed E-state index contributed by atoms with van der Waals surface area (Å²) in [6.45, 7) is 4.77. The first kappa shape index (κ1) is 31.3. The van der Waals surface area contributed by atoms with Gasteiger partial charge in [0.25, 0.3) is 0 Å². The molecule has 0 unspecified atom stereocenters. The molecule has 1 nitrogen and oxygen atoms in total. The highest BCUT2D eigenvalue weighted by Gasteiger charge is 2.53. The maximum absolute atomic E-state index is 2.48. The molecule has 1 heteroatoms. The van der Waals surface area contributed by atoms with E-state index in [-0.39, 0.29) is 5.41 Å². The Morgan fingerprint density at radius 3 is 1.43 bits per heavy atom. The summed E-state index contributed by atoms with van der Waals surface area (Å²) in [5, 5.41) is 0. The Morgan fingerprint density at radius 2 is 0.755 bits per heavy atom. The number of benzene rings is 8. The van der Waals surface area contributed by atoms with Gasteiger partial charge in [-0.3, -0.25) is 0 Å². The normalized spacial score (nSPS) is 14.2. The van der Waals surface area contributed by atoms with Gasteiger partial charge < -0.3 is 4.90 Å². The third kappa shape index (κ3) is 4.70. The van der Waals surface area contributed by atoms with Crippen molar-refractivity contribution in [3.63, 3.8) is 0 Å². The maximum atomic E-state index is 2.48. The van der Waals surface area contributed by atoms with Crippen molar-refractivity contribution in [2.75, 3.05) is 4.90 Å². The molecule has 0 fully saturated rings. The van der Waals surface area contributed by atoms with Crippen molar-refractivity contribution in [1.29, 1.82) is 0 Å². The Kier molecular flexibility index (Phi) is 7.13. The molecular weight excluding hydrogens is 639 g/mol. The number of para-hydroxylation sites is 1. The summed E-state index contributed by atoms with van der Waals surface area (Å²) in [7, 11) is 0. The highest BCUT2D eigenvalue weighted by atomic mass is 15.1. The molecule has 0 N–H and O–H groups in total. The molecular formula is C52H39N. The molecule has 0 aromatic heterocycles. The first-order chi connectivity index (χ1) is 26.0. The fourth-order valence-corrected chi connectivity index (χ4v) is 9.35. The van der Waals surface area contributed by atoms with Gasteiger partial charge in [-0.15, -0.1) is 0 Å². The number of nitrogens with zero attached hydrogens (tertiary/aromatic N) is 1. The van der Waals surface area contributed by atoms with Crippen LogP contribution in [-0.4, -0.2) is 0 Å². The van der Waals surface area contributed by atoms with Crippen molar-refractivity contribution in [3.05, 3.63) is 234 Å². The Balaban J connectivity index is 1.20. The smallest absolute Gasteiger partial charge is 0.0720 e. The van der Waals surface area contributed by atoms with Gasteiger partial charge in [0.05, 0.1) is 5.41 Å². The number of fused-ring (bicyclic) bond motifs is 9. The molecule has 0 aliphatic heterocycles. The van der Waals surface area contributed by atoms with Gasteiger partial charge in [-0.2, -0.15) is 0 Å². The predicted molar refractivity (Wildman–Crippen MR) is 221 cm³/mol. The molecule has 0 saturated heterocycles. The first-order valence-electron chi connectivity index (χ1n) is 18.6. The van der Waals surface area contributed by atoms with Crippen LogP contribution in [0.25, 0.3) is 33.4 Å². The highest BCUT2D eigenvalue weighted by molar-refractivity contribution is 5.91. The molecule has 8 aromatic carbocycles. The molecule has 53 heavy (non-hydrogen) atoms. The van der Waals surface area contributed by atoms with Crippen molar-refractivity contribution < 1.29 is 0 Å². The molecule has 0 bridgehead atoms. The Hall–Kier alpha value is -6.44. The fourth-order valence-electron chi connectivity index (χ4n) is 9.35. The third-order valence-electron chi connectivity index (χ3n) is 11.7. The molecule has 0 saturated carbocycles. The van der Waals surface area contributed by atoms with Crippen molar-refractivity contribution in [2.24, 2.45) is 0 Å². The molecule has 2 aliphatic rings. The topological polar surface area (TPSA) is 3.24 Å². The van der Waals surface area contributed by atoms with Gasteiger partial charge in [-0.05, 0) is 109 Å². The summed E-state index contributed by atoms with van der Waals surface area (Å²) in [4.78, 5) is 2.42. The number of rotatable bonds is 5. The zero-order valence-corrected chi connectivity index (χ0v) is 30.0. The van der Waals surface area contributed by atoms with Gasteiger partial charge in [0.2, 0.25) is 0 Å². The van der Waals surface area contributed by atoms with E-state index in [4.69, 9.17) is 0 Å². The minimum Gasteiger partial charge on any atom is -0.310 e. The van der Waals surface area contributed by atoms with Gasteiger partial charge in [0.1, 0.15) is 0 Å². The van der Waals surface area contributed by atoms with E-state index in [2.05, 4.69) is 219 Å².